The molecule has 1 atom stereocenters. The Morgan fingerprint density at radius 3 is 2.45 bits per heavy atom. The van der Waals surface area contributed by atoms with Crippen LogP contribution in [0.4, 0.5) is 4.79 Å². The van der Waals surface area contributed by atoms with Gasteiger partial charge in [0.05, 0.1) is 37.1 Å². The highest BCUT2D eigenvalue weighted by atomic mass is 16.5. The Morgan fingerprint density at radius 2 is 1.72 bits per heavy atom. The maximum Gasteiger partial charge on any atom is 0.322 e. The number of morpholine rings is 1. The molecule has 1 aromatic rings. The number of rotatable bonds is 4. The normalized spacial score (nSPS) is 23.0. The number of nitrogens with one attached hydrogen (secondary N) is 1. The van der Waals surface area contributed by atoms with Crippen LogP contribution in [0.2, 0.25) is 0 Å². The molecule has 3 aliphatic heterocycles. The molecule has 29 heavy (non-hydrogen) atoms. The van der Waals surface area contributed by atoms with E-state index < -0.39 is 6.04 Å². The van der Waals surface area contributed by atoms with Gasteiger partial charge in [0, 0.05) is 33.2 Å². The van der Waals surface area contributed by atoms with Crippen LogP contribution in [-0.4, -0.2) is 79.6 Å². The van der Waals surface area contributed by atoms with Crippen LogP contribution in [0, 0.1) is 20.8 Å². The molecule has 0 aromatic heterocycles. The molecular weight excluding hydrogens is 368 g/mol. The number of likely N-dealkylation sites (N-methyl/N-ethyl adjacent to an activating group) is 1. The van der Waals surface area contributed by atoms with Crippen LogP contribution in [0.3, 0.4) is 0 Å². The number of hydrogen-bond donors (Lipinski definition) is 1. The molecule has 0 unspecified atom stereocenters. The topological polar surface area (TPSA) is 65.1 Å². The quantitative estimate of drug-likeness (QED) is 0.839. The molecule has 7 heteroatoms. The lowest BCUT2D eigenvalue weighted by molar-refractivity contribution is -0.126. The Morgan fingerprint density at radius 1 is 1.03 bits per heavy atom. The molecular formula is C22H30N4O3. The maximum atomic E-state index is 13.4. The van der Waals surface area contributed by atoms with Gasteiger partial charge in [-0.2, -0.15) is 0 Å². The molecule has 3 aliphatic rings. The number of carbonyl (C=O) groups is 2. The van der Waals surface area contributed by atoms with Gasteiger partial charge >= 0.3 is 6.03 Å². The molecule has 0 saturated carbocycles. The molecule has 156 valence electrons. The van der Waals surface area contributed by atoms with Crippen molar-refractivity contribution in [3.05, 3.63) is 45.7 Å². The molecule has 0 radical (unpaired) electrons. The van der Waals surface area contributed by atoms with E-state index in [1.165, 1.54) is 5.56 Å². The third-order valence-electron chi connectivity index (χ3n) is 6.42. The van der Waals surface area contributed by atoms with E-state index in [4.69, 9.17) is 4.74 Å². The Balaban J connectivity index is 1.59. The van der Waals surface area contributed by atoms with Crippen LogP contribution in [0.25, 0.3) is 0 Å². The summed E-state index contributed by atoms with van der Waals surface area (Å²) in [6.45, 7) is 11.5. The Labute approximate surface area is 172 Å². The first-order chi connectivity index (χ1) is 13.9. The van der Waals surface area contributed by atoms with E-state index in [0.717, 1.165) is 55.2 Å². The van der Waals surface area contributed by atoms with E-state index in [0.29, 0.717) is 18.7 Å². The van der Waals surface area contributed by atoms with Gasteiger partial charge in [0.25, 0.3) is 5.91 Å². The van der Waals surface area contributed by atoms with Crippen molar-refractivity contribution in [1.29, 1.82) is 0 Å². The largest absolute Gasteiger partial charge is 0.379 e. The summed E-state index contributed by atoms with van der Waals surface area (Å²) in [5.74, 6) is 0.0303. The van der Waals surface area contributed by atoms with Gasteiger partial charge < -0.3 is 15.0 Å². The lowest BCUT2D eigenvalue weighted by atomic mass is 9.90. The fourth-order valence-electron chi connectivity index (χ4n) is 4.42. The highest BCUT2D eigenvalue weighted by Crippen LogP contribution is 2.37. The number of amides is 3. The van der Waals surface area contributed by atoms with Crippen LogP contribution in [0.5, 0.6) is 0 Å². The van der Waals surface area contributed by atoms with Crippen LogP contribution < -0.4 is 5.32 Å². The van der Waals surface area contributed by atoms with Gasteiger partial charge in [0.1, 0.15) is 0 Å². The van der Waals surface area contributed by atoms with Crippen molar-refractivity contribution in [2.75, 3.05) is 53.0 Å². The summed E-state index contributed by atoms with van der Waals surface area (Å²) in [5, 5.41) is 3.05. The van der Waals surface area contributed by atoms with Crippen molar-refractivity contribution in [3.63, 3.8) is 0 Å². The first-order valence-electron chi connectivity index (χ1n) is 10.3. The molecule has 3 amide bonds. The summed E-state index contributed by atoms with van der Waals surface area (Å²) >= 11 is 0. The standard InChI is InChI=1S/C22H30N4O3/c1-14-11-16(3)17(12-15(14)2)20-19-18(24(4)22(28)23-20)13-26(21(19)27)6-5-25-7-9-29-10-8-25/h11-12,20H,5-10,13H2,1-4H3,(H,23,28)/t20-/m0/s1. The van der Waals surface area contributed by atoms with Gasteiger partial charge in [-0.25, -0.2) is 4.79 Å². The van der Waals surface area contributed by atoms with Crippen molar-refractivity contribution in [1.82, 2.24) is 20.0 Å². The first-order valence-corrected chi connectivity index (χ1v) is 10.3. The zero-order chi connectivity index (χ0) is 20.7. The lowest BCUT2D eigenvalue weighted by Crippen LogP contribution is -2.45. The monoisotopic (exact) mass is 398 g/mol. The summed E-state index contributed by atoms with van der Waals surface area (Å²) in [5.41, 5.74) is 6.00. The summed E-state index contributed by atoms with van der Waals surface area (Å²) in [6, 6.07) is 3.68. The van der Waals surface area contributed by atoms with E-state index in [1.807, 2.05) is 11.8 Å². The van der Waals surface area contributed by atoms with E-state index >= 15 is 0 Å². The smallest absolute Gasteiger partial charge is 0.322 e. The predicted molar refractivity (Wildman–Crippen MR) is 111 cm³/mol. The van der Waals surface area contributed by atoms with E-state index in [9.17, 15) is 9.59 Å². The molecule has 1 N–H and O–H groups in total. The average molecular weight is 399 g/mol. The van der Waals surface area contributed by atoms with Crippen LogP contribution in [-0.2, 0) is 9.53 Å². The number of aryl methyl sites for hydroxylation is 3. The van der Waals surface area contributed by atoms with Crippen molar-refractivity contribution in [2.45, 2.75) is 26.8 Å². The molecule has 0 spiro atoms. The van der Waals surface area contributed by atoms with E-state index in [-0.39, 0.29) is 11.9 Å². The minimum atomic E-state index is -0.395. The number of urea groups is 1. The van der Waals surface area contributed by atoms with Gasteiger partial charge in [-0.3, -0.25) is 14.6 Å². The second-order valence-electron chi connectivity index (χ2n) is 8.28. The average Bonchev–Trinajstić information content (AvgIpc) is 3.04. The van der Waals surface area contributed by atoms with Crippen LogP contribution >= 0.6 is 0 Å². The third kappa shape index (κ3) is 3.65. The van der Waals surface area contributed by atoms with Crippen LogP contribution in [0.15, 0.2) is 23.4 Å². The minimum Gasteiger partial charge on any atom is -0.379 e. The van der Waals surface area contributed by atoms with E-state index in [1.54, 1.807) is 11.9 Å². The first kappa shape index (κ1) is 19.9. The third-order valence-corrected chi connectivity index (χ3v) is 6.42. The van der Waals surface area contributed by atoms with Gasteiger partial charge in [-0.1, -0.05) is 12.1 Å². The van der Waals surface area contributed by atoms with Crippen molar-refractivity contribution < 1.29 is 14.3 Å². The Hall–Kier alpha value is -2.38. The Bertz CT molecular complexity index is 873. The Kier molecular flexibility index (Phi) is 5.36. The highest BCUT2D eigenvalue weighted by molar-refractivity contribution is 6.01. The van der Waals surface area contributed by atoms with Crippen molar-refractivity contribution in [3.8, 4) is 0 Å². The molecule has 4 rings (SSSR count). The van der Waals surface area contributed by atoms with Crippen molar-refractivity contribution >= 4 is 11.9 Å². The lowest BCUT2D eigenvalue weighted by Gasteiger charge is -2.32. The summed E-state index contributed by atoms with van der Waals surface area (Å²) in [7, 11) is 1.74. The van der Waals surface area contributed by atoms with Crippen LogP contribution in [0.1, 0.15) is 28.3 Å². The predicted octanol–water partition coefficient (Wildman–Crippen LogP) is 1.74. The molecule has 1 saturated heterocycles. The summed E-state index contributed by atoms with van der Waals surface area (Å²) < 4.78 is 5.41. The molecule has 3 heterocycles. The molecule has 0 aliphatic carbocycles. The molecule has 1 aromatic carbocycles. The second-order valence-corrected chi connectivity index (χ2v) is 8.28. The summed E-state index contributed by atoms with van der Waals surface area (Å²) in [6.07, 6.45) is 0. The number of hydrogen-bond acceptors (Lipinski definition) is 4. The number of benzene rings is 1. The minimum absolute atomic E-state index is 0.0303. The number of carbonyl (C=O) groups excluding carboxylic acids is 2. The van der Waals surface area contributed by atoms with E-state index in [2.05, 4.69) is 36.2 Å². The highest BCUT2D eigenvalue weighted by Gasteiger charge is 2.43. The second kappa shape index (κ2) is 7.80. The molecule has 7 nitrogen and oxygen atoms in total. The fourth-order valence-corrected chi connectivity index (χ4v) is 4.42. The van der Waals surface area contributed by atoms with Gasteiger partial charge in [-0.15, -0.1) is 0 Å². The fraction of sp³-hybridized carbons (Fsp3) is 0.545. The van der Waals surface area contributed by atoms with Gasteiger partial charge in [-0.05, 0) is 43.0 Å². The molecule has 0 bridgehead atoms. The zero-order valence-corrected chi connectivity index (χ0v) is 17.7. The SMILES string of the molecule is Cc1cc(C)c([C@@H]2NC(=O)N(C)C3=C2C(=O)N(CCN2CCOCC2)C3)cc1C. The number of nitrogens with zero attached hydrogens (tertiary/aromatic N) is 3. The van der Waals surface area contributed by atoms with Gasteiger partial charge in [0.15, 0.2) is 0 Å². The van der Waals surface area contributed by atoms with Crippen molar-refractivity contribution in [2.24, 2.45) is 0 Å². The zero-order valence-electron chi connectivity index (χ0n) is 17.7. The van der Waals surface area contributed by atoms with Gasteiger partial charge in [0.2, 0.25) is 0 Å². The number of ether oxygens (including phenoxy) is 1. The summed E-state index contributed by atoms with van der Waals surface area (Å²) in [4.78, 5) is 31.8. The molecule has 1 fully saturated rings. The maximum absolute atomic E-state index is 13.4.